The Hall–Kier alpha value is -2.56. The fraction of sp³-hybridized carbons (Fsp3) is 0.368. The average Bonchev–Trinajstić information content (AvgIpc) is 3.46. The van der Waals surface area contributed by atoms with Gasteiger partial charge in [-0.1, -0.05) is 0 Å². The van der Waals surface area contributed by atoms with E-state index in [1.54, 1.807) is 13.3 Å². The molecule has 2 heterocycles. The van der Waals surface area contributed by atoms with E-state index in [-0.39, 0.29) is 5.91 Å². The fourth-order valence-electron chi connectivity index (χ4n) is 3.10. The largest absolute Gasteiger partial charge is 0.497 e. The van der Waals surface area contributed by atoms with Gasteiger partial charge in [-0.2, -0.15) is 0 Å². The Morgan fingerprint density at radius 3 is 3.00 bits per heavy atom. The Morgan fingerprint density at radius 1 is 1.33 bits per heavy atom. The van der Waals surface area contributed by atoms with Crippen molar-refractivity contribution in [3.63, 3.8) is 0 Å². The summed E-state index contributed by atoms with van der Waals surface area (Å²) in [4.78, 5) is 19.3. The van der Waals surface area contributed by atoms with Crippen LogP contribution in [0.5, 0.6) is 11.5 Å². The summed E-state index contributed by atoms with van der Waals surface area (Å²) >= 11 is 0. The van der Waals surface area contributed by atoms with Crippen molar-refractivity contribution in [2.75, 3.05) is 20.3 Å². The Balaban J connectivity index is 1.61. The molecule has 0 N–H and O–H groups in total. The number of ether oxygens (including phenoxy) is 2. The number of nitrogens with zero attached hydrogens (tertiary/aromatic N) is 2. The first-order chi connectivity index (χ1) is 11.8. The number of carbonyl (C=O) groups is 1. The van der Waals surface area contributed by atoms with Crippen LogP contribution >= 0.6 is 0 Å². The van der Waals surface area contributed by atoms with Crippen LogP contribution in [0.2, 0.25) is 0 Å². The van der Waals surface area contributed by atoms with Gasteiger partial charge in [0.2, 0.25) is 0 Å². The van der Waals surface area contributed by atoms with Gasteiger partial charge >= 0.3 is 0 Å². The van der Waals surface area contributed by atoms with E-state index in [0.717, 1.165) is 41.2 Å². The summed E-state index contributed by atoms with van der Waals surface area (Å²) in [7, 11) is 1.63. The lowest BCUT2D eigenvalue weighted by molar-refractivity contribution is 0.0731. The highest BCUT2D eigenvalue weighted by molar-refractivity contribution is 5.95. The Bertz CT molecular complexity index is 771. The van der Waals surface area contributed by atoms with Gasteiger partial charge in [-0.3, -0.25) is 9.78 Å². The van der Waals surface area contributed by atoms with E-state index in [1.165, 1.54) is 0 Å². The first-order valence-electron chi connectivity index (χ1n) is 8.30. The molecule has 2 aromatic rings. The van der Waals surface area contributed by atoms with Gasteiger partial charge in [0.15, 0.2) is 0 Å². The van der Waals surface area contributed by atoms with Crippen molar-refractivity contribution in [2.24, 2.45) is 0 Å². The van der Waals surface area contributed by atoms with Crippen molar-refractivity contribution >= 4 is 5.91 Å². The third kappa shape index (κ3) is 2.82. The zero-order valence-electron chi connectivity index (χ0n) is 13.7. The van der Waals surface area contributed by atoms with Gasteiger partial charge in [0.1, 0.15) is 18.1 Å². The van der Waals surface area contributed by atoms with E-state index >= 15 is 0 Å². The molecule has 1 aromatic carbocycles. The number of benzene rings is 1. The number of hydrogen-bond acceptors (Lipinski definition) is 4. The molecule has 24 heavy (non-hydrogen) atoms. The van der Waals surface area contributed by atoms with Gasteiger partial charge in [-0.15, -0.1) is 0 Å². The van der Waals surface area contributed by atoms with Crippen LogP contribution in [0, 0.1) is 0 Å². The monoisotopic (exact) mass is 324 g/mol. The van der Waals surface area contributed by atoms with Crippen LogP contribution in [-0.4, -0.2) is 36.1 Å². The number of carbonyl (C=O) groups excluding carboxylic acids is 1. The molecule has 0 atom stereocenters. The highest BCUT2D eigenvalue weighted by Gasteiger charge is 2.31. The Morgan fingerprint density at radius 2 is 2.21 bits per heavy atom. The van der Waals surface area contributed by atoms with Gasteiger partial charge in [-0.05, 0) is 37.1 Å². The molecule has 0 saturated heterocycles. The van der Waals surface area contributed by atoms with Gasteiger partial charge in [-0.25, -0.2) is 0 Å². The minimum Gasteiger partial charge on any atom is -0.497 e. The second kappa shape index (κ2) is 6.15. The molecule has 1 amide bonds. The molecule has 1 saturated carbocycles. The molecule has 5 nitrogen and oxygen atoms in total. The molecule has 1 aliphatic heterocycles. The van der Waals surface area contributed by atoms with Gasteiger partial charge in [0.25, 0.3) is 5.91 Å². The van der Waals surface area contributed by atoms with Crippen molar-refractivity contribution in [3.8, 4) is 11.5 Å². The maximum Gasteiger partial charge on any atom is 0.256 e. The zero-order valence-corrected chi connectivity index (χ0v) is 13.7. The summed E-state index contributed by atoms with van der Waals surface area (Å²) in [6, 6.07) is 9.47. The number of rotatable bonds is 3. The summed E-state index contributed by atoms with van der Waals surface area (Å²) in [5.41, 5.74) is 2.68. The third-order valence-electron chi connectivity index (χ3n) is 4.57. The number of hydrogen-bond donors (Lipinski definition) is 0. The van der Waals surface area contributed by atoms with Crippen molar-refractivity contribution < 1.29 is 14.3 Å². The first kappa shape index (κ1) is 15.0. The summed E-state index contributed by atoms with van der Waals surface area (Å²) in [5.74, 6) is 2.04. The molecule has 0 spiro atoms. The fourth-order valence-corrected chi connectivity index (χ4v) is 3.10. The van der Waals surface area contributed by atoms with E-state index in [9.17, 15) is 4.79 Å². The molecule has 0 unspecified atom stereocenters. The zero-order chi connectivity index (χ0) is 16.5. The van der Waals surface area contributed by atoms with Crippen LogP contribution in [-0.2, 0) is 6.54 Å². The van der Waals surface area contributed by atoms with Crippen molar-refractivity contribution in [3.05, 3.63) is 53.3 Å². The second-order valence-corrected chi connectivity index (χ2v) is 6.26. The summed E-state index contributed by atoms with van der Waals surface area (Å²) in [5, 5.41) is 0. The van der Waals surface area contributed by atoms with Crippen LogP contribution in [0.25, 0.3) is 0 Å². The van der Waals surface area contributed by atoms with E-state index in [2.05, 4.69) is 4.98 Å². The lowest BCUT2D eigenvalue weighted by atomic mass is 10.1. The molecule has 1 aliphatic carbocycles. The number of methoxy groups -OCH3 is 1. The summed E-state index contributed by atoms with van der Waals surface area (Å²) in [6.07, 6.45) is 4.03. The van der Waals surface area contributed by atoms with Crippen molar-refractivity contribution in [2.45, 2.75) is 25.3 Å². The lowest BCUT2D eigenvalue weighted by Crippen LogP contribution is -2.33. The first-order valence-corrected chi connectivity index (χ1v) is 8.30. The predicted molar refractivity (Wildman–Crippen MR) is 89.4 cm³/mol. The van der Waals surface area contributed by atoms with E-state index in [4.69, 9.17) is 9.47 Å². The average molecular weight is 324 g/mol. The van der Waals surface area contributed by atoms with E-state index in [0.29, 0.717) is 25.6 Å². The smallest absolute Gasteiger partial charge is 0.256 e. The highest BCUT2D eigenvalue weighted by Crippen LogP contribution is 2.40. The number of amides is 1. The number of fused-ring (bicyclic) bond motifs is 1. The number of pyridine rings is 1. The maximum atomic E-state index is 13.0. The van der Waals surface area contributed by atoms with Gasteiger partial charge in [0.05, 0.1) is 24.9 Å². The molecular formula is C19H20N2O3. The van der Waals surface area contributed by atoms with Gasteiger partial charge in [0, 0.05) is 30.3 Å². The third-order valence-corrected chi connectivity index (χ3v) is 4.57. The van der Waals surface area contributed by atoms with Gasteiger partial charge < -0.3 is 14.4 Å². The van der Waals surface area contributed by atoms with Crippen molar-refractivity contribution in [1.29, 1.82) is 0 Å². The summed E-state index contributed by atoms with van der Waals surface area (Å²) < 4.78 is 11.1. The molecule has 5 heteroatoms. The minimum atomic E-state index is 0.0391. The highest BCUT2D eigenvalue weighted by atomic mass is 16.5. The van der Waals surface area contributed by atoms with E-state index < -0.39 is 0 Å². The normalized spacial score (nSPS) is 16.8. The predicted octanol–water partition coefficient (Wildman–Crippen LogP) is 3.00. The van der Waals surface area contributed by atoms with Crippen LogP contribution in [0.1, 0.15) is 40.4 Å². The lowest BCUT2D eigenvalue weighted by Gasteiger charge is -2.21. The molecular weight excluding hydrogens is 304 g/mol. The molecule has 1 fully saturated rings. The molecule has 124 valence electrons. The molecule has 0 bridgehead atoms. The quantitative estimate of drug-likeness (QED) is 0.871. The number of aromatic nitrogens is 1. The maximum absolute atomic E-state index is 13.0. The summed E-state index contributed by atoms with van der Waals surface area (Å²) in [6.45, 7) is 1.58. The SMILES string of the molecule is COc1ccc2c(c1)OCCN(C(=O)c1cccnc1C1CC1)C2. The van der Waals surface area contributed by atoms with E-state index in [1.807, 2.05) is 35.2 Å². The molecule has 4 rings (SSSR count). The minimum absolute atomic E-state index is 0.0391. The van der Waals surface area contributed by atoms with Crippen LogP contribution in [0.15, 0.2) is 36.5 Å². The Kier molecular flexibility index (Phi) is 3.84. The topological polar surface area (TPSA) is 51.7 Å². The molecule has 0 radical (unpaired) electrons. The van der Waals surface area contributed by atoms with Crippen LogP contribution in [0.4, 0.5) is 0 Å². The molecule has 1 aromatic heterocycles. The Labute approximate surface area is 141 Å². The standard InChI is InChI=1S/C19H20N2O3/c1-23-15-7-6-14-12-21(9-10-24-17(14)11-15)19(22)16-3-2-8-20-18(16)13-4-5-13/h2-3,6-8,11,13H,4-5,9-10,12H2,1H3. The second-order valence-electron chi connectivity index (χ2n) is 6.26. The van der Waals surface area contributed by atoms with Crippen LogP contribution < -0.4 is 9.47 Å². The molecule has 2 aliphatic rings. The van der Waals surface area contributed by atoms with Crippen LogP contribution in [0.3, 0.4) is 0 Å². The van der Waals surface area contributed by atoms with Crippen molar-refractivity contribution in [1.82, 2.24) is 9.88 Å².